The highest BCUT2D eigenvalue weighted by molar-refractivity contribution is 5.77. The van der Waals surface area contributed by atoms with Crippen LogP contribution in [0.5, 0.6) is 5.88 Å². The molecule has 4 heterocycles. The van der Waals surface area contributed by atoms with Gasteiger partial charge in [0.05, 0.1) is 54.2 Å². The molecular weight excluding hydrogens is 531 g/mol. The summed E-state index contributed by atoms with van der Waals surface area (Å²) >= 11 is 0. The lowest BCUT2D eigenvalue weighted by molar-refractivity contribution is -0.0589. The van der Waals surface area contributed by atoms with Crippen LogP contribution >= 0.6 is 0 Å². The van der Waals surface area contributed by atoms with Crippen LogP contribution in [-0.4, -0.2) is 27.2 Å². The van der Waals surface area contributed by atoms with Crippen LogP contribution < -0.4 is 4.74 Å². The first kappa shape index (κ1) is 26.3. The largest absolute Gasteiger partial charge is 0.473 e. The molecule has 42 heavy (non-hydrogen) atoms. The van der Waals surface area contributed by atoms with Crippen LogP contribution in [0.1, 0.15) is 45.6 Å². The molecule has 8 heteroatoms. The van der Waals surface area contributed by atoms with Gasteiger partial charge in [-0.25, -0.2) is 14.4 Å². The second kappa shape index (κ2) is 11.0. The number of ether oxygens (including phenoxy) is 3. The molecule has 1 unspecified atom stereocenters. The van der Waals surface area contributed by atoms with Crippen molar-refractivity contribution < 1.29 is 18.6 Å². The Bertz CT molecular complexity index is 1850. The molecule has 1 saturated heterocycles. The van der Waals surface area contributed by atoms with Crippen molar-refractivity contribution in [1.29, 1.82) is 5.26 Å². The summed E-state index contributed by atoms with van der Waals surface area (Å²) < 4.78 is 36.0. The molecule has 0 amide bonds. The predicted molar refractivity (Wildman–Crippen MR) is 155 cm³/mol. The number of nitriles is 1. The number of fused-ring (bicyclic) bond motifs is 7. The van der Waals surface area contributed by atoms with E-state index in [2.05, 4.69) is 34.7 Å². The number of hydrogen-bond donors (Lipinski definition) is 0. The maximum Gasteiger partial charge on any atom is 0.214 e. The normalized spacial score (nSPS) is 16.3. The summed E-state index contributed by atoms with van der Waals surface area (Å²) in [6, 6.07) is 22.7. The highest BCUT2D eigenvalue weighted by atomic mass is 19.1. The maximum absolute atomic E-state index is 15.8. The topological polar surface area (TPSA) is 82.2 Å². The van der Waals surface area contributed by atoms with Crippen molar-refractivity contribution in [3.63, 3.8) is 0 Å². The van der Waals surface area contributed by atoms with E-state index >= 15 is 4.39 Å². The Morgan fingerprint density at radius 3 is 2.69 bits per heavy atom. The number of imidazole rings is 1. The van der Waals surface area contributed by atoms with Crippen LogP contribution in [0.25, 0.3) is 22.3 Å². The lowest BCUT2D eigenvalue weighted by Crippen LogP contribution is -2.31. The van der Waals surface area contributed by atoms with Crippen LogP contribution in [0, 0.1) is 24.1 Å². The third-order valence-electron chi connectivity index (χ3n) is 8.03. The van der Waals surface area contributed by atoms with Crippen molar-refractivity contribution >= 4 is 11.0 Å². The van der Waals surface area contributed by atoms with E-state index in [1.165, 1.54) is 0 Å². The number of hydrogen-bond acceptors (Lipinski definition) is 6. The number of aromatic nitrogens is 3. The van der Waals surface area contributed by atoms with Crippen molar-refractivity contribution in [3.05, 3.63) is 112 Å². The van der Waals surface area contributed by atoms with Gasteiger partial charge in [-0.1, -0.05) is 18.2 Å². The quantitative estimate of drug-likeness (QED) is 0.253. The molecule has 0 spiro atoms. The number of benzene rings is 3. The third-order valence-corrected chi connectivity index (χ3v) is 8.03. The lowest BCUT2D eigenvalue weighted by atomic mass is 9.98. The fraction of sp³-hybridized carbons (Fsp3) is 0.265. The zero-order chi connectivity index (χ0) is 28.6. The smallest absolute Gasteiger partial charge is 0.214 e. The van der Waals surface area contributed by atoms with Gasteiger partial charge >= 0.3 is 0 Å². The number of rotatable bonds is 4. The van der Waals surface area contributed by atoms with Gasteiger partial charge in [-0.15, -0.1) is 0 Å². The molecule has 0 aliphatic carbocycles. The average molecular weight is 561 g/mol. The first-order chi connectivity index (χ1) is 20.5. The summed E-state index contributed by atoms with van der Waals surface area (Å²) in [5.41, 5.74) is 7.97. The zero-order valence-corrected chi connectivity index (χ0v) is 23.3. The molecule has 2 aromatic heterocycles. The van der Waals surface area contributed by atoms with Gasteiger partial charge in [0.2, 0.25) is 5.88 Å². The molecule has 3 aromatic carbocycles. The third kappa shape index (κ3) is 5.13. The molecule has 0 radical (unpaired) electrons. The second-order valence-corrected chi connectivity index (χ2v) is 10.9. The summed E-state index contributed by atoms with van der Waals surface area (Å²) in [6.45, 7) is 4.34. The standard InChI is InChI=1S/C34H29FN4O3/c1-21-5-8-31-32(11-21)39(17-27-9-10-41-27)33(37-31)15-24-14-29(35)28-13-26(24)19-40-18-25-12-22(16-36)6-7-23(25)20-42-34-4-2-3-30(28)38-34/h2-8,11-14,27H,9-10,15,17-20H2,1H3. The van der Waals surface area contributed by atoms with E-state index < -0.39 is 0 Å². The summed E-state index contributed by atoms with van der Waals surface area (Å²) in [7, 11) is 0. The molecule has 0 N–H and O–H groups in total. The summed E-state index contributed by atoms with van der Waals surface area (Å²) in [5.74, 6) is 0.890. The van der Waals surface area contributed by atoms with Crippen LogP contribution in [0.4, 0.5) is 4.39 Å². The molecule has 5 aromatic rings. The van der Waals surface area contributed by atoms with Gasteiger partial charge in [-0.3, -0.25) is 0 Å². The van der Waals surface area contributed by atoms with Crippen LogP contribution in [0.15, 0.2) is 66.7 Å². The molecule has 7 rings (SSSR count). The molecular formula is C34H29FN4O3. The molecule has 1 fully saturated rings. The van der Waals surface area contributed by atoms with Crippen molar-refractivity contribution in [2.75, 3.05) is 6.61 Å². The minimum Gasteiger partial charge on any atom is -0.473 e. The Balaban J connectivity index is 1.30. The Labute approximate surface area is 243 Å². The summed E-state index contributed by atoms with van der Waals surface area (Å²) in [4.78, 5) is 9.58. The van der Waals surface area contributed by atoms with Gasteiger partial charge in [0.1, 0.15) is 18.2 Å². The number of aryl methyl sites for hydroxylation is 1. The van der Waals surface area contributed by atoms with E-state index in [0.717, 1.165) is 57.7 Å². The Morgan fingerprint density at radius 2 is 1.86 bits per heavy atom. The fourth-order valence-corrected chi connectivity index (χ4v) is 5.62. The van der Waals surface area contributed by atoms with E-state index in [1.54, 1.807) is 24.3 Å². The average Bonchev–Trinajstić information content (AvgIpc) is 3.30. The first-order valence-corrected chi connectivity index (χ1v) is 14.1. The highest BCUT2D eigenvalue weighted by Crippen LogP contribution is 2.31. The van der Waals surface area contributed by atoms with Gasteiger partial charge < -0.3 is 18.8 Å². The van der Waals surface area contributed by atoms with E-state index in [9.17, 15) is 5.26 Å². The second-order valence-electron chi connectivity index (χ2n) is 10.9. The lowest BCUT2D eigenvalue weighted by Gasteiger charge is -2.27. The zero-order valence-electron chi connectivity index (χ0n) is 23.3. The van der Waals surface area contributed by atoms with E-state index in [0.29, 0.717) is 35.7 Å². The maximum atomic E-state index is 15.8. The predicted octanol–water partition coefficient (Wildman–Crippen LogP) is 6.41. The Kier molecular flexibility index (Phi) is 6.90. The van der Waals surface area contributed by atoms with E-state index in [1.807, 2.05) is 30.3 Å². The molecule has 2 aliphatic rings. The number of nitrogens with zero attached hydrogens (tertiary/aromatic N) is 4. The molecule has 1 atom stereocenters. The Morgan fingerprint density at radius 1 is 0.976 bits per heavy atom. The van der Waals surface area contributed by atoms with Gasteiger partial charge in [0.15, 0.2) is 0 Å². The van der Waals surface area contributed by atoms with Gasteiger partial charge in [0, 0.05) is 24.7 Å². The van der Waals surface area contributed by atoms with Crippen molar-refractivity contribution in [2.24, 2.45) is 0 Å². The van der Waals surface area contributed by atoms with E-state index in [-0.39, 0.29) is 31.7 Å². The van der Waals surface area contributed by atoms with Crippen LogP contribution in [0.2, 0.25) is 0 Å². The molecule has 0 saturated carbocycles. The fourth-order valence-electron chi connectivity index (χ4n) is 5.62. The monoisotopic (exact) mass is 560 g/mol. The summed E-state index contributed by atoms with van der Waals surface area (Å²) in [6.07, 6.45) is 1.59. The summed E-state index contributed by atoms with van der Waals surface area (Å²) in [5, 5.41) is 9.45. The molecule has 7 nitrogen and oxygen atoms in total. The van der Waals surface area contributed by atoms with Gasteiger partial charge in [-0.05, 0) is 83.6 Å². The van der Waals surface area contributed by atoms with Crippen LogP contribution in [-0.2, 0) is 42.3 Å². The van der Waals surface area contributed by atoms with Crippen molar-refractivity contribution in [2.45, 2.75) is 52.2 Å². The minimum atomic E-state index is -0.365. The molecule has 210 valence electrons. The van der Waals surface area contributed by atoms with E-state index in [4.69, 9.17) is 19.2 Å². The Hall–Kier alpha value is -4.58. The van der Waals surface area contributed by atoms with Crippen molar-refractivity contribution in [1.82, 2.24) is 14.5 Å². The number of halogens is 1. The number of pyridine rings is 1. The SMILES string of the molecule is Cc1ccc2nc(Cc3cc(F)c4cc3COCc3cc(C#N)ccc3COc3cccc-4n3)n(CC3CCO3)c2c1. The minimum absolute atomic E-state index is 0.150. The molecule has 2 aliphatic heterocycles. The van der Waals surface area contributed by atoms with Crippen molar-refractivity contribution in [3.8, 4) is 23.2 Å². The first-order valence-electron chi connectivity index (χ1n) is 14.1. The van der Waals surface area contributed by atoms with Gasteiger partial charge in [-0.2, -0.15) is 5.26 Å². The van der Waals surface area contributed by atoms with Crippen LogP contribution in [0.3, 0.4) is 0 Å². The van der Waals surface area contributed by atoms with Gasteiger partial charge in [0.25, 0.3) is 0 Å². The highest BCUT2D eigenvalue weighted by Gasteiger charge is 2.23. The molecule has 4 bridgehead atoms.